The number of aryl methyl sites for hydroxylation is 2. The molecule has 0 N–H and O–H groups in total. The first kappa shape index (κ1) is 26.3. The van der Waals surface area contributed by atoms with Gasteiger partial charge in [-0.05, 0) is 75.1 Å². The molecule has 0 spiro atoms. The van der Waals surface area contributed by atoms with Crippen molar-refractivity contribution in [2.45, 2.75) is 57.8 Å². The fourth-order valence-electron chi connectivity index (χ4n) is 5.66. The van der Waals surface area contributed by atoms with Gasteiger partial charge in [-0.2, -0.15) is 0 Å². The van der Waals surface area contributed by atoms with Crippen LogP contribution in [0, 0.1) is 13.8 Å². The molecule has 3 heteroatoms. The van der Waals surface area contributed by atoms with Crippen molar-refractivity contribution < 1.29 is 0 Å². The number of rotatable bonds is 9. The van der Waals surface area contributed by atoms with Gasteiger partial charge in [-0.1, -0.05) is 122 Å². The van der Waals surface area contributed by atoms with Gasteiger partial charge in [0.05, 0.1) is 0 Å². The van der Waals surface area contributed by atoms with Gasteiger partial charge >= 0.3 is 0 Å². The van der Waals surface area contributed by atoms with Crippen LogP contribution < -0.4 is 10.6 Å². The van der Waals surface area contributed by atoms with E-state index < -0.39 is 16.1 Å². The van der Waals surface area contributed by atoms with Gasteiger partial charge in [-0.25, -0.2) is 0 Å². The predicted octanol–water partition coefficient (Wildman–Crippen LogP) is 9.43. The summed E-state index contributed by atoms with van der Waals surface area (Å²) in [5.74, 6) is 0. The van der Waals surface area contributed by atoms with E-state index in [4.69, 9.17) is 0 Å². The van der Waals surface area contributed by atoms with Crippen molar-refractivity contribution in [2.75, 3.05) is 6.54 Å². The number of nitrogens with zero attached hydrogens (tertiary/aromatic N) is 1. The second kappa shape index (κ2) is 12.5. The minimum absolute atomic E-state index is 0.443. The molecular weight excluding hydrogens is 484 g/mol. The van der Waals surface area contributed by atoms with Gasteiger partial charge in [-0.3, -0.25) is 4.44 Å². The van der Waals surface area contributed by atoms with Gasteiger partial charge in [0.15, 0.2) is 0 Å². The van der Waals surface area contributed by atoms with E-state index in [0.717, 1.165) is 6.54 Å². The first-order valence-electron chi connectivity index (χ1n) is 13.7. The second-order valence-electron chi connectivity index (χ2n) is 10.2. The summed E-state index contributed by atoms with van der Waals surface area (Å²) in [6, 6.07) is 41.5. The van der Waals surface area contributed by atoms with Crippen molar-refractivity contribution in [2.24, 2.45) is 0 Å². The lowest BCUT2D eigenvalue weighted by Crippen LogP contribution is -2.28. The molecule has 4 aromatic carbocycles. The molecule has 2 atom stereocenters. The van der Waals surface area contributed by atoms with Gasteiger partial charge in [0.25, 0.3) is 0 Å². The minimum atomic E-state index is -0.641. The van der Waals surface area contributed by atoms with Gasteiger partial charge in [0.2, 0.25) is 0 Å². The number of benzene rings is 4. The molecule has 37 heavy (non-hydrogen) atoms. The van der Waals surface area contributed by atoms with Crippen LogP contribution in [0.5, 0.6) is 0 Å². The van der Waals surface area contributed by atoms with Crippen molar-refractivity contribution in [3.8, 4) is 0 Å². The Morgan fingerprint density at radius 3 is 1.59 bits per heavy atom. The lowest BCUT2D eigenvalue weighted by molar-refractivity contribution is 0.632. The lowest BCUT2D eigenvalue weighted by atomic mass is 10.0. The van der Waals surface area contributed by atoms with E-state index in [2.05, 4.69) is 134 Å². The first-order chi connectivity index (χ1) is 18.2. The van der Waals surface area contributed by atoms with Crippen LogP contribution in [0.15, 0.2) is 109 Å². The van der Waals surface area contributed by atoms with E-state index in [1.807, 2.05) is 0 Å². The Labute approximate surface area is 226 Å². The Morgan fingerprint density at radius 2 is 1.16 bits per heavy atom. The molecule has 0 aromatic heterocycles. The standard InChI is InChI=1S/C34H39NP2/c1-4-5-24-35(36(31-20-12-14-27(2)25-31)32-21-13-15-28(3)26-32)37-33(29-16-8-6-9-17-29)22-23-34(37)30-18-10-7-11-19-30/h6-21,25-26,33-34H,4-5,22-24H2,1-3H3/t33-,34-/m0/s1. The predicted molar refractivity (Wildman–Crippen MR) is 165 cm³/mol. The third-order valence-electron chi connectivity index (χ3n) is 7.42. The van der Waals surface area contributed by atoms with E-state index in [1.54, 1.807) is 0 Å². The molecule has 1 aliphatic rings. The van der Waals surface area contributed by atoms with Crippen molar-refractivity contribution in [3.05, 3.63) is 131 Å². The average molecular weight is 524 g/mol. The van der Waals surface area contributed by atoms with Crippen LogP contribution in [0.2, 0.25) is 0 Å². The molecule has 1 aliphatic heterocycles. The lowest BCUT2D eigenvalue weighted by Gasteiger charge is -2.42. The van der Waals surface area contributed by atoms with Crippen LogP contribution in [-0.2, 0) is 0 Å². The summed E-state index contributed by atoms with van der Waals surface area (Å²) in [7, 11) is -1.08. The average Bonchev–Trinajstić information content (AvgIpc) is 3.37. The van der Waals surface area contributed by atoms with E-state index >= 15 is 0 Å². The fraction of sp³-hybridized carbons (Fsp3) is 0.294. The van der Waals surface area contributed by atoms with Crippen molar-refractivity contribution in [1.82, 2.24) is 4.44 Å². The summed E-state index contributed by atoms with van der Waals surface area (Å²) in [5, 5.41) is 2.98. The van der Waals surface area contributed by atoms with Crippen LogP contribution in [0.4, 0.5) is 0 Å². The zero-order chi connectivity index (χ0) is 25.6. The highest BCUT2D eigenvalue weighted by Crippen LogP contribution is 2.76. The molecule has 0 amide bonds. The number of hydrogen-bond donors (Lipinski definition) is 0. The largest absolute Gasteiger partial charge is 0.251 e. The molecule has 4 aromatic rings. The Kier molecular flexibility index (Phi) is 8.89. The topological polar surface area (TPSA) is 3.24 Å². The van der Waals surface area contributed by atoms with E-state index in [9.17, 15) is 0 Å². The van der Waals surface area contributed by atoms with Crippen LogP contribution in [0.3, 0.4) is 0 Å². The Hall–Kier alpha value is -2.30. The molecule has 1 fully saturated rings. The second-order valence-corrected chi connectivity index (χ2v) is 15.2. The SMILES string of the molecule is CCCCN(P(c1cccc(C)c1)c1cccc(C)c1)P1[C@H](c2ccccc2)CC[C@H]1c1ccccc1. The number of hydrogen-bond acceptors (Lipinski definition) is 1. The van der Waals surface area contributed by atoms with E-state index in [0.29, 0.717) is 11.3 Å². The Morgan fingerprint density at radius 1 is 0.676 bits per heavy atom. The molecule has 1 nitrogen and oxygen atoms in total. The molecule has 0 aliphatic carbocycles. The number of unbranched alkanes of at least 4 members (excludes halogenated alkanes) is 1. The van der Waals surface area contributed by atoms with Crippen LogP contribution in [-0.4, -0.2) is 11.0 Å². The molecule has 0 radical (unpaired) electrons. The van der Waals surface area contributed by atoms with Gasteiger partial charge < -0.3 is 0 Å². The molecule has 1 saturated heterocycles. The summed E-state index contributed by atoms with van der Waals surface area (Å²) in [6.07, 6.45) is 4.99. The van der Waals surface area contributed by atoms with Crippen LogP contribution >= 0.6 is 16.1 Å². The van der Waals surface area contributed by atoms with Gasteiger partial charge in [0.1, 0.15) is 0 Å². The van der Waals surface area contributed by atoms with Crippen molar-refractivity contribution in [1.29, 1.82) is 0 Å². The van der Waals surface area contributed by atoms with Crippen molar-refractivity contribution in [3.63, 3.8) is 0 Å². The molecule has 0 unspecified atom stereocenters. The monoisotopic (exact) mass is 523 g/mol. The Balaban J connectivity index is 1.68. The van der Waals surface area contributed by atoms with Crippen LogP contribution in [0.25, 0.3) is 0 Å². The molecule has 0 bridgehead atoms. The maximum Gasteiger partial charge on any atom is 0.0318 e. The highest BCUT2D eigenvalue weighted by molar-refractivity contribution is 7.79. The summed E-state index contributed by atoms with van der Waals surface area (Å²) in [6.45, 7) is 7.97. The zero-order valence-electron chi connectivity index (χ0n) is 22.4. The smallest absolute Gasteiger partial charge is 0.0318 e. The molecule has 0 saturated carbocycles. The van der Waals surface area contributed by atoms with E-state index in [1.165, 1.54) is 58.5 Å². The maximum absolute atomic E-state index is 3.03. The third-order valence-corrected chi connectivity index (χ3v) is 13.9. The minimum Gasteiger partial charge on any atom is -0.251 e. The zero-order valence-corrected chi connectivity index (χ0v) is 24.2. The van der Waals surface area contributed by atoms with E-state index in [-0.39, 0.29) is 0 Å². The molecule has 190 valence electrons. The van der Waals surface area contributed by atoms with Crippen molar-refractivity contribution >= 4 is 26.8 Å². The van der Waals surface area contributed by atoms with Gasteiger partial charge in [0, 0.05) is 25.9 Å². The quantitative estimate of drug-likeness (QED) is 0.198. The van der Waals surface area contributed by atoms with Crippen LogP contribution in [0.1, 0.15) is 66.2 Å². The highest BCUT2D eigenvalue weighted by atomic mass is 31.2. The summed E-state index contributed by atoms with van der Waals surface area (Å²) in [4.78, 5) is 0. The first-order valence-corrected chi connectivity index (χ1v) is 16.5. The summed E-state index contributed by atoms with van der Waals surface area (Å²) < 4.78 is 3.03. The maximum atomic E-state index is 3.03. The summed E-state index contributed by atoms with van der Waals surface area (Å²) >= 11 is 0. The molecular formula is C34H39NP2. The third kappa shape index (κ3) is 6.07. The molecule has 1 heterocycles. The Bertz CT molecular complexity index is 1180. The van der Waals surface area contributed by atoms with Gasteiger partial charge in [-0.15, -0.1) is 0 Å². The fourth-order valence-corrected chi connectivity index (χ4v) is 13.4. The normalized spacial score (nSPS) is 18.1. The highest BCUT2D eigenvalue weighted by Gasteiger charge is 2.44. The molecule has 5 rings (SSSR count). The summed E-state index contributed by atoms with van der Waals surface area (Å²) in [5.41, 5.74) is 6.95.